The third-order valence-electron chi connectivity index (χ3n) is 1.39. The van der Waals surface area contributed by atoms with Crippen molar-refractivity contribution in [3.63, 3.8) is 0 Å². The molecule has 1 nitrogen and oxygen atoms in total. The minimum absolute atomic E-state index is 0.151. The first-order valence-electron chi connectivity index (χ1n) is 3.23. The maximum Gasteiger partial charge on any atom is 0.134 e. The molecule has 0 aliphatic carbocycles. The summed E-state index contributed by atoms with van der Waals surface area (Å²) in [6.45, 7) is 0. The van der Waals surface area contributed by atoms with Crippen molar-refractivity contribution < 1.29 is 4.39 Å². The number of nitrogens with one attached hydrogen (secondary N) is 1. The van der Waals surface area contributed by atoms with E-state index in [9.17, 15) is 4.39 Å². The number of halogens is 2. The second kappa shape index (κ2) is 3.92. The summed E-state index contributed by atoms with van der Waals surface area (Å²) in [6.07, 6.45) is 1.71. The summed E-state index contributed by atoms with van der Waals surface area (Å²) in [5.74, 6) is -0.443. The van der Waals surface area contributed by atoms with Crippen LogP contribution >= 0.6 is 23.4 Å². The van der Waals surface area contributed by atoms with E-state index >= 15 is 0 Å². The van der Waals surface area contributed by atoms with Gasteiger partial charge in [-0.25, -0.2) is 4.39 Å². The number of thioether (sulfide) groups is 1. The van der Waals surface area contributed by atoms with E-state index in [4.69, 9.17) is 17.0 Å². The molecule has 0 spiro atoms. The summed E-state index contributed by atoms with van der Waals surface area (Å²) in [5.41, 5.74) is 0.187. The molecule has 0 heterocycles. The van der Waals surface area contributed by atoms with Gasteiger partial charge >= 0.3 is 0 Å². The second-order valence-corrected chi connectivity index (χ2v) is 3.35. The SMILES string of the molecule is CSC(=N)c1c(F)cccc1Cl. The summed E-state index contributed by atoms with van der Waals surface area (Å²) in [7, 11) is 0. The van der Waals surface area contributed by atoms with Crippen LogP contribution in [0, 0.1) is 11.2 Å². The molecular weight excluding hydrogens is 197 g/mol. The third kappa shape index (κ3) is 1.79. The van der Waals surface area contributed by atoms with E-state index in [1.54, 1.807) is 12.3 Å². The fraction of sp³-hybridized carbons (Fsp3) is 0.125. The molecule has 0 atom stereocenters. The second-order valence-electron chi connectivity index (χ2n) is 2.13. The first-order chi connectivity index (χ1) is 5.66. The van der Waals surface area contributed by atoms with Gasteiger partial charge in [0.25, 0.3) is 0 Å². The monoisotopic (exact) mass is 203 g/mol. The highest BCUT2D eigenvalue weighted by molar-refractivity contribution is 8.13. The van der Waals surface area contributed by atoms with Crippen LogP contribution in [0.15, 0.2) is 18.2 Å². The van der Waals surface area contributed by atoms with E-state index in [2.05, 4.69) is 0 Å². The first kappa shape index (κ1) is 9.55. The van der Waals surface area contributed by atoms with Gasteiger partial charge in [0.2, 0.25) is 0 Å². The minimum atomic E-state index is -0.443. The highest BCUT2D eigenvalue weighted by Gasteiger charge is 2.10. The molecular formula is C8H7ClFNS. The van der Waals surface area contributed by atoms with Crippen LogP contribution in [0.3, 0.4) is 0 Å². The average molecular weight is 204 g/mol. The molecule has 0 aromatic heterocycles. The normalized spacial score (nSPS) is 9.92. The Morgan fingerprint density at radius 2 is 2.25 bits per heavy atom. The Hall–Kier alpha value is -0.540. The molecule has 1 N–H and O–H groups in total. The maximum atomic E-state index is 13.0. The van der Waals surface area contributed by atoms with Gasteiger partial charge < -0.3 is 0 Å². The van der Waals surface area contributed by atoms with Gasteiger partial charge in [-0.05, 0) is 18.4 Å². The highest BCUT2D eigenvalue weighted by Crippen LogP contribution is 2.22. The molecule has 64 valence electrons. The molecule has 12 heavy (non-hydrogen) atoms. The van der Waals surface area contributed by atoms with E-state index in [-0.39, 0.29) is 15.6 Å². The summed E-state index contributed by atoms with van der Waals surface area (Å²) in [4.78, 5) is 0. The van der Waals surface area contributed by atoms with E-state index in [1.165, 1.54) is 23.9 Å². The number of hydrogen-bond acceptors (Lipinski definition) is 2. The van der Waals surface area contributed by atoms with Crippen LogP contribution in [0.25, 0.3) is 0 Å². The van der Waals surface area contributed by atoms with Gasteiger partial charge in [0.1, 0.15) is 5.82 Å². The molecule has 0 fully saturated rings. The zero-order valence-electron chi connectivity index (χ0n) is 6.40. The Kier molecular flexibility index (Phi) is 3.12. The fourth-order valence-corrected chi connectivity index (χ4v) is 1.54. The molecule has 0 saturated heterocycles. The summed E-state index contributed by atoms with van der Waals surface area (Å²) in [5, 5.41) is 7.84. The zero-order chi connectivity index (χ0) is 9.14. The largest absolute Gasteiger partial charge is 0.293 e. The van der Waals surface area contributed by atoms with Crippen molar-refractivity contribution in [2.45, 2.75) is 0 Å². The van der Waals surface area contributed by atoms with Crippen LogP contribution in [-0.2, 0) is 0 Å². The van der Waals surface area contributed by atoms with Crippen LogP contribution < -0.4 is 0 Å². The predicted molar refractivity (Wildman–Crippen MR) is 51.8 cm³/mol. The van der Waals surface area contributed by atoms with E-state index in [1.807, 2.05) is 0 Å². The molecule has 0 aliphatic heterocycles. The molecule has 0 saturated carbocycles. The lowest BCUT2D eigenvalue weighted by molar-refractivity contribution is 0.626. The van der Waals surface area contributed by atoms with E-state index in [0.717, 1.165) is 0 Å². The lowest BCUT2D eigenvalue weighted by Crippen LogP contribution is -1.97. The molecule has 0 unspecified atom stereocenters. The van der Waals surface area contributed by atoms with Gasteiger partial charge in [0, 0.05) is 0 Å². The Bertz CT molecular complexity index is 294. The van der Waals surface area contributed by atoms with Gasteiger partial charge in [-0.2, -0.15) is 0 Å². The van der Waals surface area contributed by atoms with E-state index in [0.29, 0.717) is 0 Å². The molecule has 1 aromatic rings. The zero-order valence-corrected chi connectivity index (χ0v) is 7.97. The van der Waals surface area contributed by atoms with Crippen molar-refractivity contribution in [2.24, 2.45) is 0 Å². The fourth-order valence-electron chi connectivity index (χ4n) is 0.817. The van der Waals surface area contributed by atoms with Crippen LogP contribution in [0.5, 0.6) is 0 Å². The molecule has 0 bridgehead atoms. The van der Waals surface area contributed by atoms with Crippen molar-refractivity contribution in [1.82, 2.24) is 0 Å². The van der Waals surface area contributed by atoms with Crippen LogP contribution in [-0.4, -0.2) is 11.3 Å². The molecule has 4 heteroatoms. The van der Waals surface area contributed by atoms with Crippen molar-refractivity contribution in [1.29, 1.82) is 5.41 Å². The van der Waals surface area contributed by atoms with Gasteiger partial charge in [-0.15, -0.1) is 11.8 Å². The standard InChI is InChI=1S/C8H7ClFNS/c1-12-8(11)7-5(9)3-2-4-6(7)10/h2-4,11H,1H3. The number of rotatable bonds is 1. The summed E-state index contributed by atoms with van der Waals surface area (Å²) in [6, 6.07) is 4.39. The minimum Gasteiger partial charge on any atom is -0.293 e. The van der Waals surface area contributed by atoms with Gasteiger partial charge in [-0.1, -0.05) is 17.7 Å². The third-order valence-corrected chi connectivity index (χ3v) is 2.32. The molecule has 1 aromatic carbocycles. The van der Waals surface area contributed by atoms with Crippen LogP contribution in [0.2, 0.25) is 5.02 Å². The van der Waals surface area contributed by atoms with Gasteiger partial charge in [0.05, 0.1) is 15.6 Å². The predicted octanol–water partition coefficient (Wildman–Crippen LogP) is 3.17. The van der Waals surface area contributed by atoms with Gasteiger partial charge in [-0.3, -0.25) is 5.41 Å². The molecule has 0 radical (unpaired) electrons. The molecule has 0 amide bonds. The lowest BCUT2D eigenvalue weighted by Gasteiger charge is -2.03. The number of benzene rings is 1. The molecule has 0 aliphatic rings. The smallest absolute Gasteiger partial charge is 0.134 e. The Morgan fingerprint density at radius 1 is 1.58 bits per heavy atom. The van der Waals surface area contributed by atoms with E-state index < -0.39 is 5.82 Å². The Labute approximate surface area is 79.4 Å². The Morgan fingerprint density at radius 3 is 2.75 bits per heavy atom. The summed E-state index contributed by atoms with van der Waals surface area (Å²) >= 11 is 6.87. The average Bonchev–Trinajstić information content (AvgIpc) is 2.03. The topological polar surface area (TPSA) is 23.9 Å². The van der Waals surface area contributed by atoms with Crippen LogP contribution in [0.4, 0.5) is 4.39 Å². The van der Waals surface area contributed by atoms with Crippen molar-refractivity contribution in [3.8, 4) is 0 Å². The maximum absolute atomic E-state index is 13.0. The highest BCUT2D eigenvalue weighted by atomic mass is 35.5. The molecule has 1 rings (SSSR count). The summed E-state index contributed by atoms with van der Waals surface area (Å²) < 4.78 is 13.0. The van der Waals surface area contributed by atoms with Gasteiger partial charge in [0.15, 0.2) is 0 Å². The van der Waals surface area contributed by atoms with Crippen LogP contribution in [0.1, 0.15) is 5.56 Å². The van der Waals surface area contributed by atoms with Crippen molar-refractivity contribution in [3.05, 3.63) is 34.6 Å². The Balaban J connectivity index is 3.21. The first-order valence-corrected chi connectivity index (χ1v) is 4.84. The number of hydrogen-bond donors (Lipinski definition) is 1. The van der Waals surface area contributed by atoms with Crippen molar-refractivity contribution in [2.75, 3.05) is 6.26 Å². The van der Waals surface area contributed by atoms with Crippen molar-refractivity contribution >= 4 is 28.4 Å². The lowest BCUT2D eigenvalue weighted by atomic mass is 10.2. The quantitative estimate of drug-likeness (QED) is 0.550.